The minimum atomic E-state index is -4.70. The molecule has 0 saturated carbocycles. The maximum Gasteiger partial charge on any atom is 0.417 e. The van der Waals surface area contributed by atoms with Crippen molar-refractivity contribution in [3.8, 4) is 5.75 Å². The Bertz CT molecular complexity index is 787. The quantitative estimate of drug-likeness (QED) is 0.641. The van der Waals surface area contributed by atoms with Crippen molar-refractivity contribution in [3.05, 3.63) is 65.0 Å². The highest BCUT2D eigenvalue weighted by Crippen LogP contribution is 2.32. The molecule has 0 heterocycles. The Morgan fingerprint density at radius 2 is 1.69 bits per heavy atom. The first-order chi connectivity index (χ1) is 12.2. The van der Waals surface area contributed by atoms with Gasteiger partial charge in [0.2, 0.25) is 0 Å². The predicted molar refractivity (Wildman–Crippen MR) is 81.7 cm³/mol. The highest BCUT2D eigenvalue weighted by Gasteiger charge is 2.34. The SMILES string of the molecule is O=Cc1c(F)cccc1C(F)(F)F.O=Cc1ccccc1OCC(=O)O. The zero-order valence-electron chi connectivity index (χ0n) is 13.0. The number of aldehydes is 2. The lowest BCUT2D eigenvalue weighted by Gasteiger charge is -2.08. The van der Waals surface area contributed by atoms with E-state index < -0.39 is 35.7 Å². The molecule has 1 N–H and O–H groups in total. The van der Waals surface area contributed by atoms with Crippen LogP contribution < -0.4 is 4.74 Å². The molecule has 138 valence electrons. The second-order valence-electron chi connectivity index (χ2n) is 4.65. The number of carbonyl (C=O) groups is 3. The van der Waals surface area contributed by atoms with Crippen LogP contribution in [-0.4, -0.2) is 30.3 Å². The first kappa shape index (κ1) is 20.8. The zero-order chi connectivity index (χ0) is 19.7. The number of alkyl halides is 3. The van der Waals surface area contributed by atoms with Crippen LogP contribution >= 0.6 is 0 Å². The Hall–Kier alpha value is -3.23. The molecule has 0 aromatic heterocycles. The number of rotatable bonds is 5. The van der Waals surface area contributed by atoms with Gasteiger partial charge in [-0.1, -0.05) is 18.2 Å². The third-order valence-corrected chi connectivity index (χ3v) is 2.87. The fourth-order valence-electron chi connectivity index (χ4n) is 1.75. The average molecular weight is 372 g/mol. The molecule has 0 aliphatic carbocycles. The van der Waals surface area contributed by atoms with Gasteiger partial charge in [-0.05, 0) is 24.3 Å². The molecule has 9 heteroatoms. The summed E-state index contributed by atoms with van der Waals surface area (Å²) in [4.78, 5) is 30.8. The normalized spacial score (nSPS) is 10.3. The first-order valence-corrected chi connectivity index (χ1v) is 6.90. The second kappa shape index (κ2) is 9.30. The molecule has 0 spiro atoms. The number of hydrogen-bond acceptors (Lipinski definition) is 4. The molecule has 0 fully saturated rings. The molecular weight excluding hydrogens is 360 g/mol. The summed E-state index contributed by atoms with van der Waals surface area (Å²) in [6.07, 6.45) is -4.21. The molecule has 2 aromatic carbocycles. The topological polar surface area (TPSA) is 80.7 Å². The van der Waals surface area contributed by atoms with Crippen molar-refractivity contribution in [1.82, 2.24) is 0 Å². The maximum atomic E-state index is 12.6. The molecule has 0 radical (unpaired) electrons. The molecule has 0 amide bonds. The van der Waals surface area contributed by atoms with Gasteiger partial charge in [0.05, 0.1) is 16.7 Å². The molecule has 2 aromatic rings. The summed E-state index contributed by atoms with van der Waals surface area (Å²) >= 11 is 0. The van der Waals surface area contributed by atoms with Gasteiger partial charge >= 0.3 is 12.1 Å². The standard InChI is InChI=1S/C9H8O4.C8H4F4O/c10-5-7-3-1-2-4-8(7)13-6-9(11)12;9-7-3-1-2-6(5(7)4-13)8(10,11)12/h1-5H,6H2,(H,11,12);1-4H. The third kappa shape index (κ3) is 6.00. The fraction of sp³-hybridized carbons (Fsp3) is 0.118. The smallest absolute Gasteiger partial charge is 0.417 e. The number of carbonyl (C=O) groups excluding carboxylic acids is 2. The Kier molecular flexibility index (Phi) is 7.45. The predicted octanol–water partition coefficient (Wildman–Crippen LogP) is 3.62. The van der Waals surface area contributed by atoms with Crippen LogP contribution in [0.15, 0.2) is 42.5 Å². The van der Waals surface area contributed by atoms with Gasteiger partial charge in [0, 0.05) is 0 Å². The van der Waals surface area contributed by atoms with E-state index >= 15 is 0 Å². The highest BCUT2D eigenvalue weighted by molar-refractivity contribution is 5.79. The van der Waals surface area contributed by atoms with Gasteiger partial charge in [0.1, 0.15) is 11.6 Å². The zero-order valence-corrected chi connectivity index (χ0v) is 13.0. The van der Waals surface area contributed by atoms with Crippen LogP contribution in [0, 0.1) is 5.82 Å². The van der Waals surface area contributed by atoms with E-state index in [-0.39, 0.29) is 6.29 Å². The summed E-state index contributed by atoms with van der Waals surface area (Å²) in [7, 11) is 0. The van der Waals surface area contributed by atoms with Crippen molar-refractivity contribution < 1.29 is 41.8 Å². The van der Waals surface area contributed by atoms with Crippen LogP contribution in [0.3, 0.4) is 0 Å². The highest BCUT2D eigenvalue weighted by atomic mass is 19.4. The van der Waals surface area contributed by atoms with E-state index in [1.165, 1.54) is 0 Å². The Labute approximate surface area is 144 Å². The van der Waals surface area contributed by atoms with Crippen molar-refractivity contribution in [2.75, 3.05) is 6.61 Å². The van der Waals surface area contributed by atoms with E-state index in [0.29, 0.717) is 23.7 Å². The van der Waals surface area contributed by atoms with Gasteiger partial charge in [-0.2, -0.15) is 13.2 Å². The summed E-state index contributed by atoms with van der Waals surface area (Å²) in [5.41, 5.74) is -1.85. The van der Waals surface area contributed by atoms with Gasteiger partial charge < -0.3 is 9.84 Å². The van der Waals surface area contributed by atoms with E-state index in [9.17, 15) is 31.9 Å². The lowest BCUT2D eigenvalue weighted by molar-refractivity contribution is -0.139. The lowest BCUT2D eigenvalue weighted by atomic mass is 10.1. The summed E-state index contributed by atoms with van der Waals surface area (Å²) < 4.78 is 53.8. The summed E-state index contributed by atoms with van der Waals surface area (Å²) in [5.74, 6) is -1.94. The minimum absolute atomic E-state index is 0.141. The number of ether oxygens (including phenoxy) is 1. The first-order valence-electron chi connectivity index (χ1n) is 6.90. The molecule has 0 aliphatic rings. The molecule has 0 bridgehead atoms. The molecule has 0 saturated heterocycles. The van der Waals surface area contributed by atoms with Crippen LogP contribution in [0.4, 0.5) is 17.6 Å². The Morgan fingerprint density at radius 1 is 1.04 bits per heavy atom. The van der Waals surface area contributed by atoms with Crippen molar-refractivity contribution in [2.45, 2.75) is 6.18 Å². The van der Waals surface area contributed by atoms with Crippen molar-refractivity contribution in [3.63, 3.8) is 0 Å². The van der Waals surface area contributed by atoms with Crippen molar-refractivity contribution in [2.24, 2.45) is 0 Å². The molecule has 0 atom stereocenters. The molecule has 0 unspecified atom stereocenters. The Balaban J connectivity index is 0.000000260. The summed E-state index contributed by atoms with van der Waals surface area (Å²) in [5, 5.41) is 8.33. The molecule has 2 rings (SSSR count). The number of aliphatic carboxylic acids is 1. The van der Waals surface area contributed by atoms with E-state index in [0.717, 1.165) is 12.1 Å². The van der Waals surface area contributed by atoms with Crippen LogP contribution in [0.2, 0.25) is 0 Å². The van der Waals surface area contributed by atoms with E-state index in [4.69, 9.17) is 9.84 Å². The minimum Gasteiger partial charge on any atom is -0.481 e. The van der Waals surface area contributed by atoms with Crippen molar-refractivity contribution >= 4 is 18.5 Å². The van der Waals surface area contributed by atoms with Crippen LogP contribution in [0.5, 0.6) is 5.75 Å². The van der Waals surface area contributed by atoms with Gasteiger partial charge in [-0.3, -0.25) is 9.59 Å². The largest absolute Gasteiger partial charge is 0.481 e. The van der Waals surface area contributed by atoms with Gasteiger partial charge in [-0.25, -0.2) is 9.18 Å². The number of benzene rings is 2. The summed E-state index contributed by atoms with van der Waals surface area (Å²) in [6.45, 7) is -0.440. The number of hydrogen-bond donors (Lipinski definition) is 1. The summed E-state index contributed by atoms with van der Waals surface area (Å²) in [6, 6.07) is 8.83. The average Bonchev–Trinajstić information content (AvgIpc) is 2.59. The Morgan fingerprint density at radius 3 is 2.19 bits per heavy atom. The van der Waals surface area contributed by atoms with Crippen LogP contribution in [0.25, 0.3) is 0 Å². The fourth-order valence-corrected chi connectivity index (χ4v) is 1.75. The van der Waals surface area contributed by atoms with E-state index in [1.807, 2.05) is 0 Å². The second-order valence-corrected chi connectivity index (χ2v) is 4.65. The van der Waals surface area contributed by atoms with E-state index in [2.05, 4.69) is 0 Å². The van der Waals surface area contributed by atoms with Crippen LogP contribution in [0.1, 0.15) is 26.3 Å². The number of para-hydroxylation sites is 1. The van der Waals surface area contributed by atoms with E-state index in [1.54, 1.807) is 24.3 Å². The monoisotopic (exact) mass is 372 g/mol. The van der Waals surface area contributed by atoms with Crippen molar-refractivity contribution in [1.29, 1.82) is 0 Å². The molecule has 5 nitrogen and oxygen atoms in total. The number of halogens is 4. The van der Waals surface area contributed by atoms with Crippen LogP contribution in [-0.2, 0) is 11.0 Å². The third-order valence-electron chi connectivity index (χ3n) is 2.87. The number of carboxylic acids is 1. The molecular formula is C17H12F4O5. The number of carboxylic acid groups (broad SMARTS) is 1. The van der Waals surface area contributed by atoms with Gasteiger partial charge in [0.15, 0.2) is 19.2 Å². The van der Waals surface area contributed by atoms with Gasteiger partial charge in [-0.15, -0.1) is 0 Å². The molecule has 0 aliphatic heterocycles. The molecule has 26 heavy (non-hydrogen) atoms. The maximum absolute atomic E-state index is 12.6. The van der Waals surface area contributed by atoms with Gasteiger partial charge in [0.25, 0.3) is 0 Å². The lowest BCUT2D eigenvalue weighted by Crippen LogP contribution is -2.10.